The van der Waals surface area contributed by atoms with Gasteiger partial charge in [0.2, 0.25) is 5.88 Å². The van der Waals surface area contributed by atoms with Gasteiger partial charge in [-0.15, -0.1) is 0 Å². The van der Waals surface area contributed by atoms with E-state index in [1.165, 1.54) is 0 Å². The number of carbonyl (C=O) groups is 1. The maximum Gasteiger partial charge on any atom is 0.253 e. The molecule has 1 aliphatic rings. The number of nitrogen functional groups attached to an aromatic ring is 1. The first-order valence-electron chi connectivity index (χ1n) is 10.00. The molecule has 2 unspecified atom stereocenters. The van der Waals surface area contributed by atoms with Crippen LogP contribution >= 0.6 is 0 Å². The lowest BCUT2D eigenvalue weighted by Gasteiger charge is -2.33. The molecule has 8 heteroatoms. The second kappa shape index (κ2) is 7.21. The SMILES string of the molecule is Cc1cc2c(C(N)=O)c(N)n(-c3c(C)ccc(O)c3C)c2nc1OCC1CCC1N. The first-order chi connectivity index (χ1) is 14.2. The zero-order valence-corrected chi connectivity index (χ0v) is 17.4. The molecule has 8 nitrogen and oxygen atoms in total. The monoisotopic (exact) mass is 409 g/mol. The van der Waals surface area contributed by atoms with Crippen molar-refractivity contribution in [3.63, 3.8) is 0 Å². The fourth-order valence-electron chi connectivity index (χ4n) is 4.09. The van der Waals surface area contributed by atoms with E-state index in [2.05, 4.69) is 0 Å². The zero-order valence-electron chi connectivity index (χ0n) is 17.4. The summed E-state index contributed by atoms with van der Waals surface area (Å²) in [5.74, 6) is 0.448. The smallest absolute Gasteiger partial charge is 0.253 e. The predicted molar refractivity (Wildman–Crippen MR) is 116 cm³/mol. The van der Waals surface area contributed by atoms with Gasteiger partial charge in [0, 0.05) is 28.5 Å². The molecule has 1 fully saturated rings. The molecule has 2 aromatic heterocycles. The predicted octanol–water partition coefficient (Wildman–Crippen LogP) is 2.45. The van der Waals surface area contributed by atoms with Crippen LogP contribution in [-0.2, 0) is 0 Å². The van der Waals surface area contributed by atoms with Crippen LogP contribution in [0.25, 0.3) is 16.7 Å². The number of aromatic hydroxyl groups is 1. The highest BCUT2D eigenvalue weighted by atomic mass is 16.5. The lowest BCUT2D eigenvalue weighted by molar-refractivity contribution is 0.100. The summed E-state index contributed by atoms with van der Waals surface area (Å²) in [6, 6.07) is 5.39. The molecule has 2 heterocycles. The molecule has 4 rings (SSSR count). The lowest BCUT2D eigenvalue weighted by atomic mass is 9.81. The number of nitrogens with zero attached hydrogens (tertiary/aromatic N) is 2. The first-order valence-corrected chi connectivity index (χ1v) is 10.00. The lowest BCUT2D eigenvalue weighted by Crippen LogP contribution is -2.42. The Morgan fingerprint density at radius 1 is 1.27 bits per heavy atom. The average molecular weight is 409 g/mol. The highest BCUT2D eigenvalue weighted by Crippen LogP contribution is 2.37. The summed E-state index contributed by atoms with van der Waals surface area (Å²) >= 11 is 0. The molecular weight excluding hydrogens is 382 g/mol. The molecule has 1 aromatic carbocycles. The Balaban J connectivity index is 1.93. The van der Waals surface area contributed by atoms with Crippen molar-refractivity contribution >= 4 is 22.8 Å². The second-order valence-electron chi connectivity index (χ2n) is 8.13. The summed E-state index contributed by atoms with van der Waals surface area (Å²) in [7, 11) is 0. The topological polar surface area (TPSA) is 142 Å². The van der Waals surface area contributed by atoms with E-state index in [9.17, 15) is 9.90 Å². The molecule has 1 saturated carbocycles. The Hall–Kier alpha value is -3.26. The van der Waals surface area contributed by atoms with Crippen LogP contribution in [0.3, 0.4) is 0 Å². The average Bonchev–Trinajstić information content (AvgIpc) is 2.95. The number of phenolic OH excluding ortho intramolecular Hbond substituents is 1. The number of hydrogen-bond donors (Lipinski definition) is 4. The second-order valence-corrected chi connectivity index (χ2v) is 8.13. The number of amides is 1. The number of fused-ring (bicyclic) bond motifs is 1. The Kier molecular flexibility index (Phi) is 4.82. The van der Waals surface area contributed by atoms with E-state index < -0.39 is 5.91 Å². The molecule has 1 aliphatic carbocycles. The zero-order chi connectivity index (χ0) is 21.7. The van der Waals surface area contributed by atoms with Gasteiger partial charge in [-0.1, -0.05) is 6.07 Å². The fraction of sp³-hybridized carbons (Fsp3) is 0.364. The van der Waals surface area contributed by atoms with Gasteiger partial charge in [-0.3, -0.25) is 9.36 Å². The number of benzene rings is 1. The Morgan fingerprint density at radius 3 is 2.60 bits per heavy atom. The van der Waals surface area contributed by atoms with Crippen LogP contribution in [0.2, 0.25) is 0 Å². The van der Waals surface area contributed by atoms with E-state index in [4.69, 9.17) is 26.9 Å². The van der Waals surface area contributed by atoms with Crippen molar-refractivity contribution in [1.82, 2.24) is 9.55 Å². The number of aromatic nitrogens is 2. The van der Waals surface area contributed by atoms with E-state index in [1.54, 1.807) is 23.6 Å². The van der Waals surface area contributed by atoms with Gasteiger partial charge in [0.05, 0.1) is 17.9 Å². The molecule has 0 radical (unpaired) electrons. The standard InChI is InChI=1S/C22H27N5O3/c1-10-4-7-16(28)12(3)18(10)27-19(24)17(20(25)29)14-8-11(2)22(26-21(14)27)30-9-13-5-6-15(13)23/h4,7-8,13,15,28H,5-6,9,23-24H2,1-3H3,(H2,25,29). The molecule has 7 N–H and O–H groups in total. The fourth-order valence-corrected chi connectivity index (χ4v) is 4.09. The van der Waals surface area contributed by atoms with Crippen LogP contribution in [-0.4, -0.2) is 33.2 Å². The Labute approximate surface area is 174 Å². The van der Waals surface area contributed by atoms with Crippen LogP contribution in [0, 0.1) is 26.7 Å². The quantitative estimate of drug-likeness (QED) is 0.510. The van der Waals surface area contributed by atoms with Gasteiger partial charge < -0.3 is 27.0 Å². The minimum absolute atomic E-state index is 0.125. The number of primary amides is 1. The molecule has 158 valence electrons. The van der Waals surface area contributed by atoms with Gasteiger partial charge in [0.25, 0.3) is 5.91 Å². The molecule has 0 aliphatic heterocycles. The van der Waals surface area contributed by atoms with E-state index in [0.717, 1.165) is 24.0 Å². The minimum Gasteiger partial charge on any atom is -0.508 e. The van der Waals surface area contributed by atoms with Crippen LogP contribution in [0.1, 0.15) is 39.9 Å². The molecule has 3 aromatic rings. The number of ether oxygens (including phenoxy) is 1. The van der Waals surface area contributed by atoms with Crippen molar-refractivity contribution in [2.45, 2.75) is 39.7 Å². The van der Waals surface area contributed by atoms with Gasteiger partial charge in [0.1, 0.15) is 11.6 Å². The van der Waals surface area contributed by atoms with Gasteiger partial charge in [-0.25, -0.2) is 0 Å². The third kappa shape index (κ3) is 3.04. The van der Waals surface area contributed by atoms with Gasteiger partial charge in [0.15, 0.2) is 5.65 Å². The third-order valence-corrected chi connectivity index (χ3v) is 6.11. The highest BCUT2D eigenvalue weighted by molar-refractivity contribution is 6.11. The van der Waals surface area contributed by atoms with Crippen molar-refractivity contribution in [1.29, 1.82) is 0 Å². The Morgan fingerprint density at radius 2 is 2.00 bits per heavy atom. The Bertz CT molecular complexity index is 1170. The summed E-state index contributed by atoms with van der Waals surface area (Å²) in [5, 5.41) is 10.8. The number of rotatable bonds is 5. The molecule has 30 heavy (non-hydrogen) atoms. The van der Waals surface area contributed by atoms with Gasteiger partial charge >= 0.3 is 0 Å². The van der Waals surface area contributed by atoms with E-state index >= 15 is 0 Å². The van der Waals surface area contributed by atoms with Crippen LogP contribution in [0.4, 0.5) is 5.82 Å². The number of aryl methyl sites for hydroxylation is 2. The number of pyridine rings is 1. The number of carbonyl (C=O) groups excluding carboxylic acids is 1. The van der Waals surface area contributed by atoms with E-state index in [1.807, 2.05) is 19.9 Å². The number of anilines is 1. The van der Waals surface area contributed by atoms with Crippen molar-refractivity contribution in [3.05, 3.63) is 40.5 Å². The molecule has 1 amide bonds. The minimum atomic E-state index is -0.637. The van der Waals surface area contributed by atoms with Crippen molar-refractivity contribution in [2.24, 2.45) is 17.4 Å². The van der Waals surface area contributed by atoms with Crippen molar-refractivity contribution in [2.75, 3.05) is 12.3 Å². The summed E-state index contributed by atoms with van der Waals surface area (Å²) in [6.45, 7) is 6.05. The summed E-state index contributed by atoms with van der Waals surface area (Å²) in [5.41, 5.74) is 21.7. The van der Waals surface area contributed by atoms with E-state index in [0.29, 0.717) is 40.7 Å². The summed E-state index contributed by atoms with van der Waals surface area (Å²) in [4.78, 5) is 16.9. The highest BCUT2D eigenvalue weighted by Gasteiger charge is 2.29. The maximum atomic E-state index is 12.2. The first kappa shape index (κ1) is 20.0. The van der Waals surface area contributed by atoms with Gasteiger partial charge in [-0.2, -0.15) is 4.98 Å². The summed E-state index contributed by atoms with van der Waals surface area (Å²) < 4.78 is 7.66. The normalized spacial score (nSPS) is 18.4. The largest absolute Gasteiger partial charge is 0.508 e. The van der Waals surface area contributed by atoms with Gasteiger partial charge in [-0.05, 0) is 51.3 Å². The van der Waals surface area contributed by atoms with Crippen LogP contribution in [0.5, 0.6) is 11.6 Å². The van der Waals surface area contributed by atoms with Crippen molar-refractivity contribution in [3.8, 4) is 17.3 Å². The summed E-state index contributed by atoms with van der Waals surface area (Å²) in [6.07, 6.45) is 2.05. The molecule has 2 atom stereocenters. The third-order valence-electron chi connectivity index (χ3n) is 6.11. The number of phenols is 1. The number of nitrogens with two attached hydrogens (primary N) is 3. The molecular formula is C22H27N5O3. The molecule has 0 spiro atoms. The van der Waals surface area contributed by atoms with Crippen LogP contribution in [0.15, 0.2) is 18.2 Å². The number of hydrogen-bond acceptors (Lipinski definition) is 6. The van der Waals surface area contributed by atoms with Crippen molar-refractivity contribution < 1.29 is 14.6 Å². The maximum absolute atomic E-state index is 12.2. The molecule has 0 bridgehead atoms. The molecule has 0 saturated heterocycles. The van der Waals surface area contributed by atoms with E-state index in [-0.39, 0.29) is 23.2 Å². The van der Waals surface area contributed by atoms with Crippen LogP contribution < -0.4 is 21.9 Å².